The highest BCUT2D eigenvalue weighted by atomic mass is 16.7. The van der Waals surface area contributed by atoms with Gasteiger partial charge in [-0.25, -0.2) is 4.98 Å². The van der Waals surface area contributed by atoms with Gasteiger partial charge in [-0.05, 0) is 30.3 Å². The van der Waals surface area contributed by atoms with Crippen molar-refractivity contribution in [3.8, 4) is 0 Å². The Hall–Kier alpha value is -2.70. The fourth-order valence-corrected chi connectivity index (χ4v) is 2.59. The highest BCUT2D eigenvalue weighted by Crippen LogP contribution is 2.25. The fraction of sp³-hybridized carbons (Fsp3) is 0.176. The Kier molecular flexibility index (Phi) is 3.53. The van der Waals surface area contributed by atoms with Crippen LogP contribution in [0.1, 0.15) is 22.2 Å². The summed E-state index contributed by atoms with van der Waals surface area (Å²) in [5.41, 5.74) is 3.83. The van der Waals surface area contributed by atoms with Crippen molar-refractivity contribution in [2.75, 3.05) is 18.5 Å². The maximum Gasteiger partial charge on any atom is 0.255 e. The SMILES string of the molecule is O=C(Nc1cccc(C2OCCO2)c1)c1ccc2nc[nH]c2c1. The molecule has 1 amide bonds. The molecule has 2 aromatic carbocycles. The summed E-state index contributed by atoms with van der Waals surface area (Å²) >= 11 is 0. The first-order chi connectivity index (χ1) is 11.3. The smallest absolute Gasteiger partial charge is 0.255 e. The number of nitrogens with one attached hydrogen (secondary N) is 2. The first-order valence-corrected chi connectivity index (χ1v) is 7.37. The molecule has 0 bridgehead atoms. The van der Waals surface area contributed by atoms with Gasteiger partial charge in [0.15, 0.2) is 6.29 Å². The molecule has 23 heavy (non-hydrogen) atoms. The number of imidazole rings is 1. The van der Waals surface area contributed by atoms with E-state index in [1.54, 1.807) is 18.5 Å². The van der Waals surface area contributed by atoms with Crippen LogP contribution >= 0.6 is 0 Å². The summed E-state index contributed by atoms with van der Waals surface area (Å²) in [5, 5.41) is 2.89. The lowest BCUT2D eigenvalue weighted by Crippen LogP contribution is -2.12. The third-order valence-electron chi connectivity index (χ3n) is 3.72. The van der Waals surface area contributed by atoms with Gasteiger partial charge in [-0.2, -0.15) is 0 Å². The molecule has 6 nitrogen and oxygen atoms in total. The van der Waals surface area contributed by atoms with Crippen LogP contribution in [-0.4, -0.2) is 29.1 Å². The third kappa shape index (κ3) is 2.81. The van der Waals surface area contributed by atoms with E-state index < -0.39 is 0 Å². The number of aromatic nitrogens is 2. The van der Waals surface area contributed by atoms with Crippen molar-refractivity contribution in [3.63, 3.8) is 0 Å². The van der Waals surface area contributed by atoms with Crippen molar-refractivity contribution in [1.82, 2.24) is 9.97 Å². The quantitative estimate of drug-likeness (QED) is 0.780. The molecule has 2 heterocycles. The lowest BCUT2D eigenvalue weighted by atomic mass is 10.1. The zero-order chi connectivity index (χ0) is 15.6. The Labute approximate surface area is 132 Å². The minimum absolute atomic E-state index is 0.174. The van der Waals surface area contributed by atoms with E-state index in [-0.39, 0.29) is 12.2 Å². The molecule has 0 unspecified atom stereocenters. The summed E-state index contributed by atoms with van der Waals surface area (Å²) in [7, 11) is 0. The van der Waals surface area contributed by atoms with Crippen LogP contribution in [-0.2, 0) is 9.47 Å². The van der Waals surface area contributed by atoms with Crippen molar-refractivity contribution in [3.05, 3.63) is 59.9 Å². The summed E-state index contributed by atoms with van der Waals surface area (Å²) < 4.78 is 11.0. The third-order valence-corrected chi connectivity index (χ3v) is 3.72. The van der Waals surface area contributed by atoms with Gasteiger partial charge in [0, 0.05) is 16.8 Å². The van der Waals surface area contributed by atoms with Gasteiger partial charge in [0.25, 0.3) is 5.91 Å². The van der Waals surface area contributed by atoms with E-state index in [9.17, 15) is 4.79 Å². The van der Waals surface area contributed by atoms with Gasteiger partial charge in [-0.1, -0.05) is 12.1 Å². The molecule has 0 aliphatic carbocycles. The number of rotatable bonds is 3. The van der Waals surface area contributed by atoms with Crippen molar-refractivity contribution in [1.29, 1.82) is 0 Å². The van der Waals surface area contributed by atoms with Crippen LogP contribution < -0.4 is 5.32 Å². The van der Waals surface area contributed by atoms with Crippen molar-refractivity contribution in [2.45, 2.75) is 6.29 Å². The Bertz CT molecular complexity index is 853. The molecule has 0 saturated carbocycles. The lowest BCUT2D eigenvalue weighted by Gasteiger charge is -2.11. The molecule has 6 heteroatoms. The van der Waals surface area contributed by atoms with Crippen molar-refractivity contribution >= 4 is 22.6 Å². The van der Waals surface area contributed by atoms with Crippen LogP contribution in [0.15, 0.2) is 48.8 Å². The molecule has 2 N–H and O–H groups in total. The zero-order valence-electron chi connectivity index (χ0n) is 12.3. The van der Waals surface area contributed by atoms with E-state index >= 15 is 0 Å². The van der Waals surface area contributed by atoms with Gasteiger partial charge in [-0.15, -0.1) is 0 Å². The van der Waals surface area contributed by atoms with Crippen LogP contribution in [0.2, 0.25) is 0 Å². The van der Waals surface area contributed by atoms with E-state index in [2.05, 4.69) is 15.3 Å². The van der Waals surface area contributed by atoms with E-state index in [0.29, 0.717) is 24.5 Å². The molecule has 0 radical (unpaired) electrons. The number of aromatic amines is 1. The highest BCUT2D eigenvalue weighted by molar-refractivity contribution is 6.05. The monoisotopic (exact) mass is 309 g/mol. The zero-order valence-corrected chi connectivity index (χ0v) is 12.3. The van der Waals surface area contributed by atoms with Crippen molar-refractivity contribution < 1.29 is 14.3 Å². The molecule has 3 aromatic rings. The highest BCUT2D eigenvalue weighted by Gasteiger charge is 2.18. The van der Waals surface area contributed by atoms with Gasteiger partial charge < -0.3 is 19.8 Å². The normalized spacial score (nSPS) is 15.1. The van der Waals surface area contributed by atoms with E-state index in [1.807, 2.05) is 30.3 Å². The second-order valence-electron chi connectivity index (χ2n) is 5.29. The maximum atomic E-state index is 12.4. The predicted octanol–water partition coefficient (Wildman–Crippen LogP) is 2.86. The Morgan fingerprint density at radius 1 is 1.17 bits per heavy atom. The van der Waals surface area contributed by atoms with Crippen LogP contribution in [0.3, 0.4) is 0 Å². The number of ether oxygens (including phenoxy) is 2. The summed E-state index contributed by atoms with van der Waals surface area (Å²) in [6, 6.07) is 12.8. The number of carbonyl (C=O) groups is 1. The van der Waals surface area contributed by atoms with Crippen LogP contribution in [0.4, 0.5) is 5.69 Å². The molecule has 1 aromatic heterocycles. The Balaban J connectivity index is 1.54. The topological polar surface area (TPSA) is 76.2 Å². The standard InChI is InChI=1S/C17H15N3O3/c21-16(11-4-5-14-15(9-11)19-10-18-14)20-13-3-1-2-12(8-13)17-22-6-7-23-17/h1-5,8-10,17H,6-7H2,(H,18,19)(H,20,21). The number of hydrogen-bond donors (Lipinski definition) is 2. The predicted molar refractivity (Wildman–Crippen MR) is 85.1 cm³/mol. The molecule has 4 rings (SSSR count). The summed E-state index contributed by atoms with van der Waals surface area (Å²) in [5.74, 6) is -0.174. The van der Waals surface area contributed by atoms with Gasteiger partial charge >= 0.3 is 0 Å². The minimum Gasteiger partial charge on any atom is -0.346 e. The average Bonchev–Trinajstić information content (AvgIpc) is 3.26. The average molecular weight is 309 g/mol. The van der Waals surface area contributed by atoms with Crippen LogP contribution in [0.25, 0.3) is 11.0 Å². The maximum absolute atomic E-state index is 12.4. The van der Waals surface area contributed by atoms with E-state index in [0.717, 1.165) is 16.6 Å². The van der Waals surface area contributed by atoms with Crippen LogP contribution in [0.5, 0.6) is 0 Å². The van der Waals surface area contributed by atoms with Crippen LogP contribution in [0, 0.1) is 0 Å². The minimum atomic E-state index is -0.354. The molecular formula is C17H15N3O3. The van der Waals surface area contributed by atoms with Crippen molar-refractivity contribution in [2.24, 2.45) is 0 Å². The summed E-state index contributed by atoms with van der Waals surface area (Å²) in [6.45, 7) is 1.18. The molecule has 0 spiro atoms. The second kappa shape index (κ2) is 5.83. The van der Waals surface area contributed by atoms with Gasteiger partial charge in [0.2, 0.25) is 0 Å². The number of H-pyrrole nitrogens is 1. The summed E-state index contributed by atoms with van der Waals surface area (Å²) in [4.78, 5) is 19.5. The largest absolute Gasteiger partial charge is 0.346 e. The van der Waals surface area contributed by atoms with E-state index in [1.165, 1.54) is 0 Å². The first-order valence-electron chi connectivity index (χ1n) is 7.37. The van der Waals surface area contributed by atoms with E-state index in [4.69, 9.17) is 9.47 Å². The van der Waals surface area contributed by atoms with Gasteiger partial charge in [0.05, 0.1) is 30.6 Å². The first kappa shape index (κ1) is 13.9. The molecule has 1 aliphatic heterocycles. The molecule has 1 saturated heterocycles. The number of amides is 1. The molecule has 116 valence electrons. The fourth-order valence-electron chi connectivity index (χ4n) is 2.59. The summed E-state index contributed by atoms with van der Waals surface area (Å²) in [6.07, 6.45) is 1.26. The molecular weight excluding hydrogens is 294 g/mol. The number of nitrogens with zero attached hydrogens (tertiary/aromatic N) is 1. The number of benzene rings is 2. The number of fused-ring (bicyclic) bond motifs is 1. The van der Waals surface area contributed by atoms with Gasteiger partial charge in [0.1, 0.15) is 0 Å². The lowest BCUT2D eigenvalue weighted by molar-refractivity contribution is -0.0440. The number of hydrogen-bond acceptors (Lipinski definition) is 4. The molecule has 1 aliphatic rings. The Morgan fingerprint density at radius 2 is 2.04 bits per heavy atom. The second-order valence-corrected chi connectivity index (χ2v) is 5.29. The molecule has 0 atom stereocenters. The number of carbonyl (C=O) groups excluding carboxylic acids is 1. The Morgan fingerprint density at radius 3 is 2.91 bits per heavy atom. The molecule has 1 fully saturated rings. The van der Waals surface area contributed by atoms with Gasteiger partial charge in [-0.3, -0.25) is 4.79 Å². The number of anilines is 1.